The van der Waals surface area contributed by atoms with Crippen LogP contribution in [0.4, 0.5) is 0 Å². The molecule has 0 aliphatic rings. The Balaban J connectivity index is 2.54. The van der Waals surface area contributed by atoms with Gasteiger partial charge in [0.2, 0.25) is 0 Å². The van der Waals surface area contributed by atoms with Gasteiger partial charge in [-0.05, 0) is 12.1 Å². The molecule has 3 aromatic rings. The fraction of sp³-hybridized carbons (Fsp3) is 0.100. The van der Waals surface area contributed by atoms with E-state index in [0.717, 1.165) is 21.9 Å². The average molecular weight is 184 g/mol. The Hall–Kier alpha value is -1.97. The van der Waals surface area contributed by atoms with E-state index in [1.165, 1.54) is 0 Å². The van der Waals surface area contributed by atoms with Crippen LogP contribution in [0.1, 0.15) is 0 Å². The summed E-state index contributed by atoms with van der Waals surface area (Å²) in [6.45, 7) is 0. The number of aromatic nitrogens is 4. The first-order valence-electron chi connectivity index (χ1n) is 4.35. The van der Waals surface area contributed by atoms with Crippen molar-refractivity contribution in [1.29, 1.82) is 0 Å². The van der Waals surface area contributed by atoms with Gasteiger partial charge in [0.25, 0.3) is 0 Å². The lowest BCUT2D eigenvalue weighted by Crippen LogP contribution is -1.85. The Morgan fingerprint density at radius 1 is 1.14 bits per heavy atom. The van der Waals surface area contributed by atoms with Gasteiger partial charge in [-0.15, -0.1) is 0 Å². The molecule has 0 aliphatic heterocycles. The normalized spacial score (nSPS) is 11.2. The van der Waals surface area contributed by atoms with Gasteiger partial charge in [-0.3, -0.25) is 0 Å². The van der Waals surface area contributed by atoms with Crippen LogP contribution < -0.4 is 0 Å². The van der Waals surface area contributed by atoms with Gasteiger partial charge in [-0.25, -0.2) is 15.0 Å². The van der Waals surface area contributed by atoms with E-state index in [2.05, 4.69) is 15.0 Å². The van der Waals surface area contributed by atoms with E-state index in [1.807, 2.05) is 23.7 Å². The molecule has 14 heavy (non-hydrogen) atoms. The SMILES string of the molecule is Cn1cnc2cc3cncnc3cc21. The lowest BCUT2D eigenvalue weighted by molar-refractivity contribution is 0.948. The molecule has 1 aromatic carbocycles. The Kier molecular flexibility index (Phi) is 1.33. The molecule has 0 amide bonds. The van der Waals surface area contributed by atoms with Crippen LogP contribution in [-0.4, -0.2) is 19.5 Å². The second kappa shape index (κ2) is 2.51. The summed E-state index contributed by atoms with van der Waals surface area (Å²) in [5.74, 6) is 0. The summed E-state index contributed by atoms with van der Waals surface area (Å²) in [7, 11) is 1.97. The van der Waals surface area contributed by atoms with E-state index in [9.17, 15) is 0 Å². The highest BCUT2D eigenvalue weighted by atomic mass is 15.0. The zero-order chi connectivity index (χ0) is 9.54. The topological polar surface area (TPSA) is 43.6 Å². The van der Waals surface area contributed by atoms with Crippen LogP contribution in [0.2, 0.25) is 0 Å². The van der Waals surface area contributed by atoms with Crippen LogP contribution in [-0.2, 0) is 7.05 Å². The third-order valence-corrected chi connectivity index (χ3v) is 2.35. The molecule has 3 rings (SSSR count). The Morgan fingerprint density at radius 2 is 2.07 bits per heavy atom. The molecule has 0 spiro atoms. The molecule has 0 fully saturated rings. The predicted molar refractivity (Wildman–Crippen MR) is 53.8 cm³/mol. The highest BCUT2D eigenvalue weighted by Gasteiger charge is 2.02. The summed E-state index contributed by atoms with van der Waals surface area (Å²) in [6, 6.07) is 4.03. The lowest BCUT2D eigenvalue weighted by Gasteiger charge is -1.97. The second-order valence-electron chi connectivity index (χ2n) is 3.28. The number of fused-ring (bicyclic) bond motifs is 2. The minimum atomic E-state index is 0.955. The molecule has 0 N–H and O–H groups in total. The smallest absolute Gasteiger partial charge is 0.116 e. The molecule has 0 unspecified atom stereocenters. The zero-order valence-electron chi connectivity index (χ0n) is 7.68. The maximum absolute atomic E-state index is 4.28. The summed E-state index contributed by atoms with van der Waals surface area (Å²) in [5.41, 5.74) is 3.03. The van der Waals surface area contributed by atoms with Crippen LogP contribution in [0, 0.1) is 0 Å². The molecule has 0 saturated carbocycles. The Bertz CT molecular complexity index is 612. The number of aryl methyl sites for hydroxylation is 1. The van der Waals surface area contributed by atoms with Gasteiger partial charge < -0.3 is 4.57 Å². The van der Waals surface area contributed by atoms with Gasteiger partial charge in [0, 0.05) is 18.6 Å². The summed E-state index contributed by atoms with van der Waals surface area (Å²) in [6.07, 6.45) is 5.16. The third-order valence-electron chi connectivity index (χ3n) is 2.35. The van der Waals surface area contributed by atoms with Gasteiger partial charge in [-0.1, -0.05) is 0 Å². The van der Waals surface area contributed by atoms with E-state index < -0.39 is 0 Å². The van der Waals surface area contributed by atoms with E-state index in [0.29, 0.717) is 0 Å². The van der Waals surface area contributed by atoms with Gasteiger partial charge in [0.15, 0.2) is 0 Å². The zero-order valence-corrected chi connectivity index (χ0v) is 7.68. The fourth-order valence-corrected chi connectivity index (χ4v) is 1.60. The van der Waals surface area contributed by atoms with E-state index in [1.54, 1.807) is 18.9 Å². The fourth-order valence-electron chi connectivity index (χ4n) is 1.60. The largest absolute Gasteiger partial charge is 0.334 e. The van der Waals surface area contributed by atoms with Gasteiger partial charge in [-0.2, -0.15) is 0 Å². The summed E-state index contributed by atoms with van der Waals surface area (Å²) < 4.78 is 1.98. The molecule has 0 aliphatic carbocycles. The van der Waals surface area contributed by atoms with Crippen molar-refractivity contribution in [2.45, 2.75) is 0 Å². The molecule has 0 bridgehead atoms. The molecular formula is C10H8N4. The number of imidazole rings is 1. The molecule has 4 heteroatoms. The summed E-state index contributed by atoms with van der Waals surface area (Å²) in [5, 5.41) is 1.03. The van der Waals surface area contributed by atoms with Crippen LogP contribution in [0.5, 0.6) is 0 Å². The first-order valence-corrected chi connectivity index (χ1v) is 4.35. The number of rotatable bonds is 0. The Morgan fingerprint density at radius 3 is 3.00 bits per heavy atom. The first kappa shape index (κ1) is 7.44. The van der Waals surface area contributed by atoms with Crippen LogP contribution in [0.3, 0.4) is 0 Å². The minimum Gasteiger partial charge on any atom is -0.334 e. The van der Waals surface area contributed by atoms with Gasteiger partial charge >= 0.3 is 0 Å². The molecule has 2 aromatic heterocycles. The lowest BCUT2D eigenvalue weighted by atomic mass is 10.2. The van der Waals surface area contributed by atoms with Gasteiger partial charge in [0.05, 0.1) is 22.9 Å². The Labute approximate surface area is 80.2 Å². The summed E-state index contributed by atoms with van der Waals surface area (Å²) in [4.78, 5) is 12.5. The first-order chi connectivity index (χ1) is 6.84. The standard InChI is InChI=1S/C10H8N4/c1-14-6-13-9-2-7-4-11-5-12-8(7)3-10(9)14/h2-6H,1H3. The van der Waals surface area contributed by atoms with Crippen molar-refractivity contribution in [3.63, 3.8) is 0 Å². The average Bonchev–Trinajstić information content (AvgIpc) is 2.57. The molecule has 0 atom stereocenters. The maximum atomic E-state index is 4.28. The van der Waals surface area contributed by atoms with Crippen molar-refractivity contribution in [3.05, 3.63) is 31.0 Å². The van der Waals surface area contributed by atoms with Crippen LogP contribution in [0.15, 0.2) is 31.0 Å². The van der Waals surface area contributed by atoms with Gasteiger partial charge in [0.1, 0.15) is 6.33 Å². The number of benzene rings is 1. The van der Waals surface area contributed by atoms with Crippen molar-refractivity contribution in [2.75, 3.05) is 0 Å². The molecule has 4 nitrogen and oxygen atoms in total. The van der Waals surface area contributed by atoms with Crippen LogP contribution in [0.25, 0.3) is 21.9 Å². The molecule has 2 heterocycles. The minimum absolute atomic E-state index is 0.955. The van der Waals surface area contributed by atoms with Crippen molar-refractivity contribution in [3.8, 4) is 0 Å². The number of hydrogen-bond acceptors (Lipinski definition) is 3. The number of nitrogens with zero attached hydrogens (tertiary/aromatic N) is 4. The molecule has 0 radical (unpaired) electrons. The molecular weight excluding hydrogens is 176 g/mol. The molecule has 68 valence electrons. The maximum Gasteiger partial charge on any atom is 0.116 e. The third kappa shape index (κ3) is 0.907. The van der Waals surface area contributed by atoms with Crippen molar-refractivity contribution >= 4 is 21.9 Å². The van der Waals surface area contributed by atoms with E-state index >= 15 is 0 Å². The monoisotopic (exact) mass is 184 g/mol. The highest BCUT2D eigenvalue weighted by molar-refractivity contribution is 5.92. The molecule has 0 saturated heterocycles. The quantitative estimate of drug-likeness (QED) is 0.532. The summed E-state index contributed by atoms with van der Waals surface area (Å²) >= 11 is 0. The van der Waals surface area contributed by atoms with Crippen molar-refractivity contribution in [2.24, 2.45) is 7.05 Å². The van der Waals surface area contributed by atoms with E-state index in [4.69, 9.17) is 0 Å². The van der Waals surface area contributed by atoms with E-state index in [-0.39, 0.29) is 0 Å². The van der Waals surface area contributed by atoms with Crippen molar-refractivity contribution in [1.82, 2.24) is 19.5 Å². The van der Waals surface area contributed by atoms with Crippen molar-refractivity contribution < 1.29 is 0 Å². The highest BCUT2D eigenvalue weighted by Crippen LogP contribution is 2.18. The predicted octanol–water partition coefficient (Wildman–Crippen LogP) is 1.52. The number of hydrogen-bond donors (Lipinski definition) is 0. The second-order valence-corrected chi connectivity index (χ2v) is 3.28. The van der Waals surface area contributed by atoms with Crippen LogP contribution >= 0.6 is 0 Å².